The molecule has 1 aromatic carbocycles. The van der Waals surface area contributed by atoms with E-state index >= 15 is 0 Å². The van der Waals surface area contributed by atoms with Gasteiger partial charge < -0.3 is 14.2 Å². The van der Waals surface area contributed by atoms with Crippen LogP contribution in [0.15, 0.2) is 40.2 Å². The van der Waals surface area contributed by atoms with E-state index in [9.17, 15) is 4.79 Å². The molecule has 1 unspecified atom stereocenters. The van der Waals surface area contributed by atoms with Crippen molar-refractivity contribution >= 4 is 17.2 Å². The average Bonchev–Trinajstić information content (AvgIpc) is 3.32. The van der Waals surface area contributed by atoms with E-state index in [-0.39, 0.29) is 12.5 Å². The fourth-order valence-electron chi connectivity index (χ4n) is 2.76. The van der Waals surface area contributed by atoms with Crippen LogP contribution in [0.25, 0.3) is 10.7 Å². The lowest BCUT2D eigenvalue weighted by atomic mass is 10.1. The Morgan fingerprint density at radius 1 is 1.33 bits per heavy atom. The summed E-state index contributed by atoms with van der Waals surface area (Å²) in [5, 5.41) is 5.95. The van der Waals surface area contributed by atoms with Gasteiger partial charge in [0, 0.05) is 6.54 Å². The van der Waals surface area contributed by atoms with Gasteiger partial charge in [-0.15, -0.1) is 11.3 Å². The molecule has 7 heteroatoms. The van der Waals surface area contributed by atoms with Gasteiger partial charge in [-0.1, -0.05) is 28.9 Å². The zero-order valence-corrected chi connectivity index (χ0v) is 16.7. The first-order chi connectivity index (χ1) is 13.0. The summed E-state index contributed by atoms with van der Waals surface area (Å²) in [5.74, 6) is 1.55. The van der Waals surface area contributed by atoms with Gasteiger partial charge in [0.25, 0.3) is 5.91 Å². The molecule has 3 rings (SSSR count). The number of aromatic nitrogens is 2. The van der Waals surface area contributed by atoms with Gasteiger partial charge in [-0.2, -0.15) is 4.98 Å². The highest BCUT2D eigenvalue weighted by Gasteiger charge is 2.24. The minimum Gasteiger partial charge on any atom is -0.481 e. The molecule has 0 radical (unpaired) electrons. The molecule has 1 amide bonds. The Morgan fingerprint density at radius 3 is 2.81 bits per heavy atom. The number of hydrogen-bond donors (Lipinski definition) is 0. The van der Waals surface area contributed by atoms with Crippen molar-refractivity contribution in [1.82, 2.24) is 15.0 Å². The molecule has 6 nitrogen and oxygen atoms in total. The topological polar surface area (TPSA) is 68.5 Å². The standard InChI is InChI=1S/C20H23N3O3S/c1-5-23(12-18-21-19(22-26-18)17-7-6-10-27-17)20(24)15(4)25-16-9-8-13(2)11-14(16)3/h6-11,15H,5,12H2,1-4H3. The third kappa shape index (κ3) is 4.54. The number of likely N-dealkylation sites (N-methyl/N-ethyl adjacent to an activating group) is 1. The van der Waals surface area contributed by atoms with E-state index < -0.39 is 6.10 Å². The van der Waals surface area contributed by atoms with Crippen LogP contribution in [0, 0.1) is 13.8 Å². The van der Waals surface area contributed by atoms with Crippen LogP contribution in [0.4, 0.5) is 0 Å². The lowest BCUT2D eigenvalue weighted by Crippen LogP contribution is -2.40. The van der Waals surface area contributed by atoms with Crippen LogP contribution in [0.5, 0.6) is 5.75 Å². The van der Waals surface area contributed by atoms with Crippen molar-refractivity contribution < 1.29 is 14.1 Å². The number of aryl methyl sites for hydroxylation is 2. The maximum Gasteiger partial charge on any atom is 0.263 e. The van der Waals surface area contributed by atoms with Gasteiger partial charge in [0.1, 0.15) is 12.3 Å². The zero-order chi connectivity index (χ0) is 19.4. The van der Waals surface area contributed by atoms with Crippen molar-refractivity contribution in [3.8, 4) is 16.5 Å². The number of benzene rings is 1. The van der Waals surface area contributed by atoms with Crippen molar-refractivity contribution in [1.29, 1.82) is 0 Å². The molecule has 3 aromatic rings. The minimum absolute atomic E-state index is 0.117. The first-order valence-corrected chi connectivity index (χ1v) is 9.75. The molecule has 0 bridgehead atoms. The van der Waals surface area contributed by atoms with E-state index in [0.717, 1.165) is 21.8 Å². The second-order valence-electron chi connectivity index (χ2n) is 6.37. The summed E-state index contributed by atoms with van der Waals surface area (Å²) >= 11 is 1.54. The van der Waals surface area contributed by atoms with Crippen molar-refractivity contribution in [3.63, 3.8) is 0 Å². The Hall–Kier alpha value is -2.67. The van der Waals surface area contributed by atoms with E-state index in [0.29, 0.717) is 18.3 Å². The van der Waals surface area contributed by atoms with Gasteiger partial charge >= 0.3 is 0 Å². The normalized spacial score (nSPS) is 12.0. The van der Waals surface area contributed by atoms with Crippen LogP contribution < -0.4 is 4.74 Å². The molecule has 0 N–H and O–H groups in total. The van der Waals surface area contributed by atoms with E-state index in [1.807, 2.05) is 56.5 Å². The Morgan fingerprint density at radius 2 is 2.15 bits per heavy atom. The minimum atomic E-state index is -0.606. The maximum atomic E-state index is 12.8. The second kappa shape index (κ2) is 8.35. The number of nitrogens with zero attached hydrogens (tertiary/aromatic N) is 3. The SMILES string of the molecule is CCN(Cc1nc(-c2cccs2)no1)C(=O)C(C)Oc1ccc(C)cc1C. The Bertz CT molecular complexity index is 905. The van der Waals surface area contributed by atoms with Crippen molar-refractivity contribution in [2.45, 2.75) is 40.3 Å². The van der Waals surface area contributed by atoms with Crippen LogP contribution in [0.1, 0.15) is 30.9 Å². The molecule has 0 saturated heterocycles. The number of amides is 1. The van der Waals surface area contributed by atoms with Crippen LogP contribution in [-0.2, 0) is 11.3 Å². The number of thiophene rings is 1. The van der Waals surface area contributed by atoms with Crippen LogP contribution in [-0.4, -0.2) is 33.6 Å². The smallest absolute Gasteiger partial charge is 0.263 e. The summed E-state index contributed by atoms with van der Waals surface area (Å²) in [7, 11) is 0. The molecule has 2 aromatic heterocycles. The predicted molar refractivity (Wildman–Crippen MR) is 105 cm³/mol. The van der Waals surface area contributed by atoms with Crippen molar-refractivity contribution in [2.24, 2.45) is 0 Å². The lowest BCUT2D eigenvalue weighted by molar-refractivity contribution is -0.138. The number of carbonyl (C=O) groups is 1. The third-order valence-electron chi connectivity index (χ3n) is 4.21. The Balaban J connectivity index is 1.66. The molecule has 1 atom stereocenters. The molecular weight excluding hydrogens is 362 g/mol. The summed E-state index contributed by atoms with van der Waals surface area (Å²) in [4.78, 5) is 19.8. The zero-order valence-electron chi connectivity index (χ0n) is 15.9. The molecule has 0 aliphatic rings. The quantitative estimate of drug-likeness (QED) is 0.609. The van der Waals surface area contributed by atoms with Gasteiger partial charge in [-0.25, -0.2) is 0 Å². The highest BCUT2D eigenvalue weighted by atomic mass is 32.1. The van der Waals surface area contributed by atoms with E-state index in [4.69, 9.17) is 9.26 Å². The summed E-state index contributed by atoms with van der Waals surface area (Å²) in [6.07, 6.45) is -0.606. The van der Waals surface area contributed by atoms with Gasteiger partial charge in [-0.3, -0.25) is 4.79 Å². The molecule has 0 aliphatic heterocycles. The average molecular weight is 385 g/mol. The Kier molecular flexibility index (Phi) is 5.91. The van der Waals surface area contributed by atoms with Crippen molar-refractivity contribution in [3.05, 3.63) is 52.7 Å². The first kappa shape index (κ1) is 19.1. The highest BCUT2D eigenvalue weighted by Crippen LogP contribution is 2.23. The monoisotopic (exact) mass is 385 g/mol. The number of hydrogen-bond acceptors (Lipinski definition) is 6. The number of rotatable bonds is 7. The first-order valence-electron chi connectivity index (χ1n) is 8.87. The van der Waals surface area contributed by atoms with Crippen LogP contribution in [0.2, 0.25) is 0 Å². The molecule has 2 heterocycles. The van der Waals surface area contributed by atoms with Gasteiger partial charge in [0.15, 0.2) is 6.10 Å². The molecule has 142 valence electrons. The molecule has 0 fully saturated rings. The van der Waals surface area contributed by atoms with E-state index in [2.05, 4.69) is 10.1 Å². The summed E-state index contributed by atoms with van der Waals surface area (Å²) < 4.78 is 11.2. The van der Waals surface area contributed by atoms with Crippen LogP contribution in [0.3, 0.4) is 0 Å². The molecule has 27 heavy (non-hydrogen) atoms. The molecule has 0 aliphatic carbocycles. The lowest BCUT2D eigenvalue weighted by Gasteiger charge is -2.24. The maximum absolute atomic E-state index is 12.8. The third-order valence-corrected chi connectivity index (χ3v) is 5.08. The Labute approximate surface area is 162 Å². The van der Waals surface area contributed by atoms with Gasteiger partial charge in [-0.05, 0) is 50.8 Å². The summed E-state index contributed by atoms with van der Waals surface area (Å²) in [6, 6.07) is 9.78. The largest absolute Gasteiger partial charge is 0.481 e. The van der Waals surface area contributed by atoms with Crippen molar-refractivity contribution in [2.75, 3.05) is 6.54 Å². The molecular formula is C20H23N3O3S. The fourth-order valence-corrected chi connectivity index (χ4v) is 3.41. The van der Waals surface area contributed by atoms with Gasteiger partial charge in [0.2, 0.25) is 11.7 Å². The number of ether oxygens (including phenoxy) is 1. The number of carbonyl (C=O) groups excluding carboxylic acids is 1. The molecule has 0 spiro atoms. The molecule has 0 saturated carbocycles. The summed E-state index contributed by atoms with van der Waals surface area (Å²) in [6.45, 7) is 8.46. The van der Waals surface area contributed by atoms with Gasteiger partial charge in [0.05, 0.1) is 4.88 Å². The van der Waals surface area contributed by atoms with Crippen LogP contribution >= 0.6 is 11.3 Å². The fraction of sp³-hybridized carbons (Fsp3) is 0.350. The summed E-state index contributed by atoms with van der Waals surface area (Å²) in [5.41, 5.74) is 2.17. The van der Waals surface area contributed by atoms with E-state index in [1.165, 1.54) is 0 Å². The second-order valence-corrected chi connectivity index (χ2v) is 7.32. The van der Waals surface area contributed by atoms with E-state index in [1.54, 1.807) is 23.2 Å². The predicted octanol–water partition coefficient (Wildman–Crippen LogP) is 4.23. The highest BCUT2D eigenvalue weighted by molar-refractivity contribution is 7.13.